The van der Waals surface area contributed by atoms with Crippen molar-refractivity contribution in [1.29, 1.82) is 0 Å². The lowest BCUT2D eigenvalue weighted by atomic mass is 10.2. The standard InChI is InChI=1S/C15H23Br2NO2/c1-3-4-5-6-7-18-8-9-20-15-11-12(16)14(19-2)10-13(15)17/h10-11,18H,3-9H2,1-2H3. The van der Waals surface area contributed by atoms with Gasteiger partial charge in [0.15, 0.2) is 0 Å². The number of benzene rings is 1. The third-order valence-corrected chi connectivity index (χ3v) is 4.19. The van der Waals surface area contributed by atoms with Gasteiger partial charge >= 0.3 is 0 Å². The average Bonchev–Trinajstić information content (AvgIpc) is 2.44. The van der Waals surface area contributed by atoms with E-state index in [9.17, 15) is 0 Å². The Morgan fingerprint density at radius 2 is 1.70 bits per heavy atom. The molecule has 0 radical (unpaired) electrons. The van der Waals surface area contributed by atoms with E-state index < -0.39 is 0 Å². The smallest absolute Gasteiger partial charge is 0.134 e. The second-order valence-corrected chi connectivity index (χ2v) is 6.28. The summed E-state index contributed by atoms with van der Waals surface area (Å²) in [6.45, 7) is 4.82. The van der Waals surface area contributed by atoms with E-state index in [4.69, 9.17) is 9.47 Å². The number of rotatable bonds is 10. The fraction of sp³-hybridized carbons (Fsp3) is 0.600. The molecule has 1 aromatic rings. The molecule has 0 aliphatic heterocycles. The molecule has 0 bridgehead atoms. The quantitative estimate of drug-likeness (QED) is 0.565. The molecule has 0 aliphatic carbocycles. The van der Waals surface area contributed by atoms with Crippen LogP contribution in [0.1, 0.15) is 32.6 Å². The minimum atomic E-state index is 0.658. The van der Waals surface area contributed by atoms with Crippen LogP contribution in [-0.4, -0.2) is 26.8 Å². The van der Waals surface area contributed by atoms with Gasteiger partial charge in [-0.2, -0.15) is 0 Å². The Labute approximate surface area is 138 Å². The van der Waals surface area contributed by atoms with Crippen molar-refractivity contribution in [2.24, 2.45) is 0 Å². The summed E-state index contributed by atoms with van der Waals surface area (Å²) >= 11 is 6.95. The van der Waals surface area contributed by atoms with Gasteiger partial charge < -0.3 is 14.8 Å². The highest BCUT2D eigenvalue weighted by molar-refractivity contribution is 9.11. The number of hydrogen-bond donors (Lipinski definition) is 1. The van der Waals surface area contributed by atoms with Gasteiger partial charge in [0.2, 0.25) is 0 Å². The molecule has 0 fully saturated rings. The van der Waals surface area contributed by atoms with Crippen LogP contribution < -0.4 is 14.8 Å². The molecule has 0 atom stereocenters. The van der Waals surface area contributed by atoms with Crippen LogP contribution in [0.15, 0.2) is 21.1 Å². The van der Waals surface area contributed by atoms with Gasteiger partial charge in [0.1, 0.15) is 18.1 Å². The van der Waals surface area contributed by atoms with Crippen LogP contribution in [0.2, 0.25) is 0 Å². The minimum Gasteiger partial charge on any atom is -0.496 e. The molecule has 0 aromatic heterocycles. The molecule has 0 amide bonds. The zero-order valence-corrected chi connectivity index (χ0v) is 15.3. The normalized spacial score (nSPS) is 10.6. The summed E-state index contributed by atoms with van der Waals surface area (Å²) in [7, 11) is 1.65. The Hall–Kier alpha value is -0.260. The molecule has 0 spiro atoms. The van der Waals surface area contributed by atoms with E-state index in [0.717, 1.165) is 33.5 Å². The molecule has 0 unspecified atom stereocenters. The monoisotopic (exact) mass is 407 g/mol. The average molecular weight is 409 g/mol. The topological polar surface area (TPSA) is 30.5 Å². The van der Waals surface area contributed by atoms with Crippen LogP contribution in [0, 0.1) is 0 Å². The highest BCUT2D eigenvalue weighted by atomic mass is 79.9. The molecule has 1 rings (SSSR count). The molecule has 0 saturated carbocycles. The van der Waals surface area contributed by atoms with Gasteiger partial charge in [-0.15, -0.1) is 0 Å². The van der Waals surface area contributed by atoms with Gasteiger partial charge in [0, 0.05) is 6.54 Å². The molecule has 1 aromatic carbocycles. The molecular weight excluding hydrogens is 386 g/mol. The fourth-order valence-electron chi connectivity index (χ4n) is 1.81. The van der Waals surface area contributed by atoms with Crippen LogP contribution in [-0.2, 0) is 0 Å². The molecule has 20 heavy (non-hydrogen) atoms. The molecule has 0 aliphatic rings. The van der Waals surface area contributed by atoms with Crippen molar-refractivity contribution >= 4 is 31.9 Å². The van der Waals surface area contributed by atoms with Gasteiger partial charge in [0.05, 0.1) is 16.1 Å². The van der Waals surface area contributed by atoms with E-state index in [1.54, 1.807) is 7.11 Å². The van der Waals surface area contributed by atoms with E-state index in [1.165, 1.54) is 25.7 Å². The van der Waals surface area contributed by atoms with Gasteiger partial charge in [-0.3, -0.25) is 0 Å². The fourth-order valence-corrected chi connectivity index (χ4v) is 2.73. The largest absolute Gasteiger partial charge is 0.496 e. The first-order chi connectivity index (χ1) is 9.69. The first kappa shape index (κ1) is 17.8. The van der Waals surface area contributed by atoms with Crippen molar-refractivity contribution in [3.05, 3.63) is 21.1 Å². The van der Waals surface area contributed by atoms with Gasteiger partial charge in [-0.1, -0.05) is 26.2 Å². The Morgan fingerprint density at radius 1 is 1.00 bits per heavy atom. The SMILES string of the molecule is CCCCCCNCCOc1cc(Br)c(OC)cc1Br. The van der Waals surface area contributed by atoms with E-state index in [2.05, 4.69) is 44.1 Å². The van der Waals surface area contributed by atoms with Crippen LogP contribution in [0.5, 0.6) is 11.5 Å². The maximum atomic E-state index is 5.75. The van der Waals surface area contributed by atoms with Crippen molar-refractivity contribution < 1.29 is 9.47 Å². The number of hydrogen-bond acceptors (Lipinski definition) is 3. The molecule has 0 heterocycles. The molecule has 3 nitrogen and oxygen atoms in total. The summed E-state index contributed by atoms with van der Waals surface area (Å²) in [6, 6.07) is 3.82. The number of halogens is 2. The summed E-state index contributed by atoms with van der Waals surface area (Å²) < 4.78 is 12.8. The molecule has 1 N–H and O–H groups in total. The number of nitrogens with one attached hydrogen (secondary N) is 1. The Kier molecular flexibility index (Phi) is 9.31. The van der Waals surface area contributed by atoms with E-state index in [0.29, 0.717) is 6.61 Å². The second-order valence-electron chi connectivity index (χ2n) is 4.58. The second kappa shape index (κ2) is 10.5. The van der Waals surface area contributed by atoms with Gasteiger partial charge in [0.25, 0.3) is 0 Å². The lowest BCUT2D eigenvalue weighted by Gasteiger charge is -2.11. The molecule has 5 heteroatoms. The predicted octanol–water partition coefficient (Wildman–Crippen LogP) is 4.77. The van der Waals surface area contributed by atoms with Gasteiger partial charge in [-0.05, 0) is 57.0 Å². The van der Waals surface area contributed by atoms with Crippen LogP contribution >= 0.6 is 31.9 Å². The van der Waals surface area contributed by atoms with E-state index in [1.807, 2.05) is 12.1 Å². The van der Waals surface area contributed by atoms with Crippen molar-refractivity contribution in [2.75, 3.05) is 26.8 Å². The molecule has 0 saturated heterocycles. The third-order valence-electron chi connectivity index (χ3n) is 2.95. The first-order valence-electron chi connectivity index (χ1n) is 7.05. The van der Waals surface area contributed by atoms with Crippen LogP contribution in [0.4, 0.5) is 0 Å². The first-order valence-corrected chi connectivity index (χ1v) is 8.64. The third kappa shape index (κ3) is 6.46. The zero-order chi connectivity index (χ0) is 14.8. The summed E-state index contributed by atoms with van der Waals surface area (Å²) in [5.74, 6) is 1.61. The molecular formula is C15H23Br2NO2. The highest BCUT2D eigenvalue weighted by Gasteiger charge is 2.07. The van der Waals surface area contributed by atoms with Crippen LogP contribution in [0.3, 0.4) is 0 Å². The Balaban J connectivity index is 2.23. The maximum Gasteiger partial charge on any atom is 0.134 e. The zero-order valence-electron chi connectivity index (χ0n) is 12.2. The van der Waals surface area contributed by atoms with Crippen molar-refractivity contribution in [3.8, 4) is 11.5 Å². The van der Waals surface area contributed by atoms with Crippen molar-refractivity contribution in [2.45, 2.75) is 32.6 Å². The molecule has 114 valence electrons. The van der Waals surface area contributed by atoms with Crippen LogP contribution in [0.25, 0.3) is 0 Å². The summed E-state index contributed by atoms with van der Waals surface area (Å²) in [5, 5.41) is 3.39. The maximum absolute atomic E-state index is 5.75. The van der Waals surface area contributed by atoms with Crippen molar-refractivity contribution in [1.82, 2.24) is 5.32 Å². The van der Waals surface area contributed by atoms with Crippen molar-refractivity contribution in [3.63, 3.8) is 0 Å². The summed E-state index contributed by atoms with van der Waals surface area (Å²) in [5.41, 5.74) is 0. The van der Waals surface area contributed by atoms with E-state index in [-0.39, 0.29) is 0 Å². The Morgan fingerprint density at radius 3 is 2.40 bits per heavy atom. The highest BCUT2D eigenvalue weighted by Crippen LogP contribution is 2.35. The van der Waals surface area contributed by atoms with Gasteiger partial charge in [-0.25, -0.2) is 0 Å². The summed E-state index contributed by atoms with van der Waals surface area (Å²) in [6.07, 6.45) is 5.15. The van der Waals surface area contributed by atoms with E-state index >= 15 is 0 Å². The number of methoxy groups -OCH3 is 1. The minimum absolute atomic E-state index is 0.658. The predicted molar refractivity (Wildman–Crippen MR) is 90.9 cm³/mol. The number of ether oxygens (including phenoxy) is 2. The lowest BCUT2D eigenvalue weighted by Crippen LogP contribution is -2.22. The Bertz CT molecular complexity index is 400. The summed E-state index contributed by atoms with van der Waals surface area (Å²) in [4.78, 5) is 0. The number of unbranched alkanes of at least 4 members (excludes halogenated alkanes) is 3. The lowest BCUT2D eigenvalue weighted by molar-refractivity contribution is 0.310.